The number of halogens is 1. The smallest absolute Gasteiger partial charge is 0.130 e. The predicted octanol–water partition coefficient (Wildman–Crippen LogP) is 3.74. The van der Waals surface area contributed by atoms with Crippen molar-refractivity contribution in [3.63, 3.8) is 0 Å². The van der Waals surface area contributed by atoms with Gasteiger partial charge in [0.25, 0.3) is 0 Å². The van der Waals surface area contributed by atoms with Crippen LogP contribution in [0.2, 0.25) is 0 Å². The van der Waals surface area contributed by atoms with Crippen LogP contribution in [0.15, 0.2) is 34.1 Å². The first-order valence-electron chi connectivity index (χ1n) is 5.31. The van der Waals surface area contributed by atoms with E-state index >= 15 is 0 Å². The van der Waals surface area contributed by atoms with E-state index in [1.165, 1.54) is 0 Å². The summed E-state index contributed by atoms with van der Waals surface area (Å²) in [6, 6.07) is 8.03. The van der Waals surface area contributed by atoms with E-state index in [-0.39, 0.29) is 5.92 Å². The minimum absolute atomic E-state index is 0.136. The average Bonchev–Trinajstić information content (AvgIpc) is 2.73. The fourth-order valence-electron chi connectivity index (χ4n) is 1.65. The fourth-order valence-corrected chi connectivity index (χ4v) is 2.96. The number of aromatic nitrogens is 1. The predicted molar refractivity (Wildman–Crippen MR) is 73.5 cm³/mol. The van der Waals surface area contributed by atoms with Gasteiger partial charge >= 0.3 is 0 Å². The molecule has 0 aliphatic carbocycles. The monoisotopic (exact) mass is 309 g/mol. The molecule has 0 aliphatic rings. The zero-order valence-electron chi connectivity index (χ0n) is 9.39. The van der Waals surface area contributed by atoms with Crippen molar-refractivity contribution in [2.45, 2.75) is 19.3 Å². The normalized spacial score (nSPS) is 12.4. The number of carbonyl (C=O) groups excluding carboxylic acids is 1. The molecule has 0 amide bonds. The highest BCUT2D eigenvalue weighted by atomic mass is 79.9. The van der Waals surface area contributed by atoms with Crippen LogP contribution >= 0.6 is 27.3 Å². The van der Waals surface area contributed by atoms with Gasteiger partial charge in [0.15, 0.2) is 0 Å². The summed E-state index contributed by atoms with van der Waals surface area (Å²) in [6.07, 6.45) is 1.69. The molecule has 17 heavy (non-hydrogen) atoms. The topological polar surface area (TPSA) is 30.0 Å². The second kappa shape index (κ2) is 5.56. The van der Waals surface area contributed by atoms with E-state index in [0.717, 1.165) is 27.0 Å². The summed E-state index contributed by atoms with van der Waals surface area (Å²) < 4.78 is 1.04. The van der Waals surface area contributed by atoms with Crippen molar-refractivity contribution in [1.29, 1.82) is 0 Å². The Bertz CT molecular complexity index is 524. The van der Waals surface area contributed by atoms with Crippen LogP contribution in [-0.2, 0) is 11.2 Å². The Morgan fingerprint density at radius 1 is 1.53 bits per heavy atom. The molecule has 0 aliphatic heterocycles. The lowest BCUT2D eigenvalue weighted by atomic mass is 10.0. The number of nitrogens with zero attached hydrogens (tertiary/aromatic N) is 1. The van der Waals surface area contributed by atoms with Crippen molar-refractivity contribution < 1.29 is 4.79 Å². The van der Waals surface area contributed by atoms with Crippen molar-refractivity contribution >= 4 is 33.6 Å². The maximum atomic E-state index is 11.2. The maximum absolute atomic E-state index is 11.2. The Balaban J connectivity index is 2.18. The molecular weight excluding hydrogens is 298 g/mol. The largest absolute Gasteiger partial charge is 0.303 e. The number of hydrogen-bond acceptors (Lipinski definition) is 3. The summed E-state index contributed by atoms with van der Waals surface area (Å²) in [4.78, 5) is 15.5. The van der Waals surface area contributed by atoms with Gasteiger partial charge in [0.2, 0.25) is 0 Å². The molecule has 2 nitrogen and oxygen atoms in total. The summed E-state index contributed by atoms with van der Waals surface area (Å²) in [5, 5.41) is 2.88. The lowest BCUT2D eigenvalue weighted by Gasteiger charge is -2.07. The van der Waals surface area contributed by atoms with Crippen LogP contribution in [0.1, 0.15) is 22.2 Å². The van der Waals surface area contributed by atoms with Gasteiger partial charge in [-0.1, -0.05) is 28.1 Å². The molecule has 0 N–H and O–H groups in total. The van der Waals surface area contributed by atoms with Crippen molar-refractivity contribution in [1.82, 2.24) is 4.98 Å². The standard InChI is InChI=1S/C13H12BrNOS/c1-9-8-17-13(15-9)11(7-16)5-10-3-2-4-12(14)6-10/h2-4,6-8,11H,5H2,1H3. The third-order valence-corrected chi connectivity index (χ3v) is 4.05. The highest BCUT2D eigenvalue weighted by molar-refractivity contribution is 9.10. The second-order valence-electron chi connectivity index (χ2n) is 3.90. The summed E-state index contributed by atoms with van der Waals surface area (Å²) in [7, 11) is 0. The summed E-state index contributed by atoms with van der Waals surface area (Å²) >= 11 is 4.98. The Morgan fingerprint density at radius 2 is 2.35 bits per heavy atom. The van der Waals surface area contributed by atoms with Crippen LogP contribution in [0.3, 0.4) is 0 Å². The summed E-state index contributed by atoms with van der Waals surface area (Å²) in [5.41, 5.74) is 2.12. The Morgan fingerprint density at radius 3 is 2.94 bits per heavy atom. The van der Waals surface area contributed by atoms with E-state index < -0.39 is 0 Å². The maximum Gasteiger partial charge on any atom is 0.130 e. The molecule has 0 saturated carbocycles. The first-order chi connectivity index (χ1) is 8.19. The van der Waals surface area contributed by atoms with Crippen LogP contribution in [0.4, 0.5) is 0 Å². The molecule has 0 saturated heterocycles. The average molecular weight is 310 g/mol. The first-order valence-corrected chi connectivity index (χ1v) is 6.98. The number of benzene rings is 1. The zero-order valence-corrected chi connectivity index (χ0v) is 11.8. The lowest BCUT2D eigenvalue weighted by Crippen LogP contribution is -2.04. The van der Waals surface area contributed by atoms with Gasteiger partial charge in [-0.3, -0.25) is 0 Å². The first kappa shape index (κ1) is 12.5. The Kier molecular flexibility index (Phi) is 4.07. The van der Waals surface area contributed by atoms with Crippen molar-refractivity contribution in [3.05, 3.63) is 50.4 Å². The van der Waals surface area contributed by atoms with Crippen LogP contribution in [0, 0.1) is 6.92 Å². The van der Waals surface area contributed by atoms with Gasteiger partial charge in [-0.05, 0) is 31.0 Å². The van der Waals surface area contributed by atoms with Crippen molar-refractivity contribution in [3.8, 4) is 0 Å². The van der Waals surface area contributed by atoms with Crippen LogP contribution in [-0.4, -0.2) is 11.3 Å². The molecule has 0 spiro atoms. The van der Waals surface area contributed by atoms with Gasteiger partial charge in [0.05, 0.1) is 5.92 Å². The number of hydrogen-bond donors (Lipinski definition) is 0. The third kappa shape index (κ3) is 3.23. The molecule has 2 aromatic rings. The highest BCUT2D eigenvalue weighted by Crippen LogP contribution is 2.23. The number of aldehydes is 1. The highest BCUT2D eigenvalue weighted by Gasteiger charge is 2.14. The Labute approximate surface area is 113 Å². The third-order valence-electron chi connectivity index (χ3n) is 2.46. The summed E-state index contributed by atoms with van der Waals surface area (Å²) in [6.45, 7) is 1.95. The quantitative estimate of drug-likeness (QED) is 0.805. The van der Waals surface area contributed by atoms with E-state index in [2.05, 4.69) is 20.9 Å². The zero-order chi connectivity index (χ0) is 12.3. The van der Waals surface area contributed by atoms with Crippen LogP contribution < -0.4 is 0 Å². The minimum atomic E-state index is -0.136. The molecule has 4 heteroatoms. The number of aryl methyl sites for hydroxylation is 1. The van der Waals surface area contributed by atoms with E-state index in [0.29, 0.717) is 6.42 Å². The number of carbonyl (C=O) groups is 1. The molecule has 1 aromatic heterocycles. The van der Waals surface area contributed by atoms with Crippen LogP contribution in [0.25, 0.3) is 0 Å². The number of rotatable bonds is 4. The van der Waals surface area contributed by atoms with Gasteiger partial charge < -0.3 is 4.79 Å². The fraction of sp³-hybridized carbons (Fsp3) is 0.231. The second-order valence-corrected chi connectivity index (χ2v) is 5.71. The van der Waals surface area contributed by atoms with E-state index in [1.54, 1.807) is 11.3 Å². The molecule has 88 valence electrons. The molecule has 2 rings (SSSR count). The van der Waals surface area contributed by atoms with Gasteiger partial charge in [-0.2, -0.15) is 0 Å². The molecular formula is C13H12BrNOS. The van der Waals surface area contributed by atoms with E-state index in [4.69, 9.17) is 0 Å². The molecule has 1 unspecified atom stereocenters. The van der Waals surface area contributed by atoms with Gasteiger partial charge in [0.1, 0.15) is 11.3 Å². The molecule has 1 atom stereocenters. The van der Waals surface area contributed by atoms with Crippen molar-refractivity contribution in [2.24, 2.45) is 0 Å². The minimum Gasteiger partial charge on any atom is -0.303 e. The molecule has 0 radical (unpaired) electrons. The van der Waals surface area contributed by atoms with E-state index in [1.807, 2.05) is 36.6 Å². The lowest BCUT2D eigenvalue weighted by molar-refractivity contribution is -0.109. The van der Waals surface area contributed by atoms with Crippen LogP contribution in [0.5, 0.6) is 0 Å². The summed E-state index contributed by atoms with van der Waals surface area (Å²) in [5.74, 6) is -0.136. The number of thiazole rings is 1. The molecule has 1 heterocycles. The van der Waals surface area contributed by atoms with Gasteiger partial charge in [-0.25, -0.2) is 4.98 Å². The molecule has 0 bridgehead atoms. The van der Waals surface area contributed by atoms with E-state index in [9.17, 15) is 4.79 Å². The SMILES string of the molecule is Cc1csc(C(C=O)Cc2cccc(Br)c2)n1. The van der Waals surface area contributed by atoms with Crippen molar-refractivity contribution in [2.75, 3.05) is 0 Å². The van der Waals surface area contributed by atoms with Gasteiger partial charge in [-0.15, -0.1) is 11.3 Å². The Hall–Kier alpha value is -1.00. The molecule has 0 fully saturated rings. The van der Waals surface area contributed by atoms with Gasteiger partial charge in [0, 0.05) is 15.5 Å². The molecule has 1 aromatic carbocycles.